The van der Waals surface area contributed by atoms with Gasteiger partial charge in [-0.3, -0.25) is 14.4 Å². The maximum atomic E-state index is 12.0. The zero-order chi connectivity index (χ0) is 17.4. The molecule has 0 atom stereocenters. The number of rotatable bonds is 8. The third-order valence-electron chi connectivity index (χ3n) is 2.94. The normalized spacial score (nSPS) is 10.0. The van der Waals surface area contributed by atoms with Crippen LogP contribution in [0.1, 0.15) is 23.7 Å². The Morgan fingerprint density at radius 2 is 2.04 bits per heavy atom. The van der Waals surface area contributed by atoms with Crippen molar-refractivity contribution in [3.8, 4) is 5.75 Å². The highest BCUT2D eigenvalue weighted by atomic mass is 35.5. The van der Waals surface area contributed by atoms with Gasteiger partial charge in [0.1, 0.15) is 5.75 Å². The molecule has 0 aromatic heterocycles. The fraction of sp³-hybridized carbons (Fsp3) is 0.400. The van der Waals surface area contributed by atoms with Crippen molar-refractivity contribution >= 4 is 29.3 Å². The van der Waals surface area contributed by atoms with E-state index in [1.807, 2.05) is 6.92 Å². The molecule has 8 heteroatoms. The Labute approximate surface area is 139 Å². The number of hydrogen-bond donors (Lipinski definition) is 2. The van der Waals surface area contributed by atoms with E-state index < -0.39 is 11.8 Å². The van der Waals surface area contributed by atoms with Crippen molar-refractivity contribution in [1.82, 2.24) is 10.2 Å². The molecule has 1 aromatic rings. The highest BCUT2D eigenvalue weighted by Gasteiger charge is 2.16. The maximum Gasteiger partial charge on any atom is 0.260 e. The van der Waals surface area contributed by atoms with Crippen LogP contribution in [0.25, 0.3) is 0 Å². The number of nitrogens with zero attached hydrogens (tertiary/aromatic N) is 1. The van der Waals surface area contributed by atoms with Gasteiger partial charge in [0, 0.05) is 18.6 Å². The van der Waals surface area contributed by atoms with Crippen LogP contribution >= 0.6 is 11.6 Å². The summed E-state index contributed by atoms with van der Waals surface area (Å²) in [5, 5.41) is 3.01. The summed E-state index contributed by atoms with van der Waals surface area (Å²) in [4.78, 5) is 36.1. The van der Waals surface area contributed by atoms with Gasteiger partial charge in [-0.2, -0.15) is 0 Å². The number of likely N-dealkylation sites (N-methyl/N-ethyl adjacent to an activating group) is 1. The highest BCUT2D eigenvalue weighted by Crippen LogP contribution is 2.22. The Morgan fingerprint density at radius 1 is 1.35 bits per heavy atom. The molecule has 3 N–H and O–H groups in total. The molecule has 0 aliphatic carbocycles. The molecule has 0 radical (unpaired) electrons. The molecule has 0 saturated heterocycles. The predicted octanol–water partition coefficient (Wildman–Crippen LogP) is 0.802. The Hall–Kier alpha value is -2.28. The third-order valence-corrected chi connectivity index (χ3v) is 3.17. The molecule has 23 heavy (non-hydrogen) atoms. The third kappa shape index (κ3) is 6.15. The van der Waals surface area contributed by atoms with E-state index in [-0.39, 0.29) is 30.4 Å². The van der Waals surface area contributed by atoms with Crippen LogP contribution in [0.3, 0.4) is 0 Å². The lowest BCUT2D eigenvalue weighted by Crippen LogP contribution is -2.40. The summed E-state index contributed by atoms with van der Waals surface area (Å²) >= 11 is 5.79. The van der Waals surface area contributed by atoms with Gasteiger partial charge >= 0.3 is 0 Å². The lowest BCUT2D eigenvalue weighted by Gasteiger charge is -2.17. The molecule has 0 fully saturated rings. The van der Waals surface area contributed by atoms with E-state index in [4.69, 9.17) is 22.1 Å². The molecular formula is C15H20ClN3O4. The van der Waals surface area contributed by atoms with Gasteiger partial charge in [-0.15, -0.1) is 0 Å². The summed E-state index contributed by atoms with van der Waals surface area (Å²) in [7, 11) is 1.49. The van der Waals surface area contributed by atoms with Crippen molar-refractivity contribution in [2.24, 2.45) is 5.73 Å². The molecular weight excluding hydrogens is 322 g/mol. The van der Waals surface area contributed by atoms with Crippen molar-refractivity contribution in [2.45, 2.75) is 13.3 Å². The van der Waals surface area contributed by atoms with Crippen LogP contribution in [0.5, 0.6) is 5.75 Å². The molecule has 0 aliphatic rings. The van der Waals surface area contributed by atoms with E-state index in [9.17, 15) is 14.4 Å². The second-order valence-electron chi connectivity index (χ2n) is 4.89. The number of carbonyl (C=O) groups excluding carboxylic acids is 3. The number of hydrogen-bond acceptors (Lipinski definition) is 4. The molecule has 0 saturated carbocycles. The lowest BCUT2D eigenvalue weighted by molar-refractivity contribution is -0.136. The number of ether oxygens (including phenoxy) is 1. The average molecular weight is 342 g/mol. The monoisotopic (exact) mass is 341 g/mol. The number of nitrogens with one attached hydrogen (secondary N) is 1. The van der Waals surface area contributed by atoms with Gasteiger partial charge in [-0.25, -0.2) is 0 Å². The highest BCUT2D eigenvalue weighted by molar-refractivity contribution is 6.31. The quantitative estimate of drug-likeness (QED) is 0.730. The predicted molar refractivity (Wildman–Crippen MR) is 86.4 cm³/mol. The summed E-state index contributed by atoms with van der Waals surface area (Å²) in [5.74, 6) is -1.18. The topological polar surface area (TPSA) is 102 Å². The SMILES string of the molecule is CCCNC(=O)CN(C)C(=O)COc1ccc(Cl)cc1C(N)=O. The summed E-state index contributed by atoms with van der Waals surface area (Å²) in [5.41, 5.74) is 5.33. The average Bonchev–Trinajstić information content (AvgIpc) is 2.51. The van der Waals surface area contributed by atoms with E-state index >= 15 is 0 Å². The molecule has 1 rings (SSSR count). The van der Waals surface area contributed by atoms with Crippen molar-refractivity contribution in [2.75, 3.05) is 26.7 Å². The molecule has 7 nitrogen and oxygen atoms in total. The first-order valence-corrected chi connectivity index (χ1v) is 7.45. The van der Waals surface area contributed by atoms with Crippen LogP contribution in [0.2, 0.25) is 5.02 Å². The smallest absolute Gasteiger partial charge is 0.260 e. The first-order valence-electron chi connectivity index (χ1n) is 7.08. The van der Waals surface area contributed by atoms with E-state index in [0.717, 1.165) is 6.42 Å². The van der Waals surface area contributed by atoms with Crippen LogP contribution < -0.4 is 15.8 Å². The van der Waals surface area contributed by atoms with Crippen molar-refractivity contribution in [3.63, 3.8) is 0 Å². The number of carbonyl (C=O) groups is 3. The fourth-order valence-electron chi connectivity index (χ4n) is 1.69. The summed E-state index contributed by atoms with van der Waals surface area (Å²) in [6, 6.07) is 4.35. The number of primary amides is 1. The van der Waals surface area contributed by atoms with Crippen LogP contribution in [-0.2, 0) is 9.59 Å². The van der Waals surface area contributed by atoms with Crippen LogP contribution in [0, 0.1) is 0 Å². The largest absolute Gasteiger partial charge is 0.483 e. The van der Waals surface area contributed by atoms with Gasteiger partial charge in [0.15, 0.2) is 6.61 Å². The van der Waals surface area contributed by atoms with Gasteiger partial charge in [-0.1, -0.05) is 18.5 Å². The van der Waals surface area contributed by atoms with Gasteiger partial charge in [0.25, 0.3) is 11.8 Å². The summed E-state index contributed by atoms with van der Waals surface area (Å²) in [6.07, 6.45) is 0.818. The molecule has 1 aromatic carbocycles. The van der Waals surface area contributed by atoms with Gasteiger partial charge in [0.2, 0.25) is 5.91 Å². The van der Waals surface area contributed by atoms with E-state index in [0.29, 0.717) is 11.6 Å². The first kappa shape index (κ1) is 18.8. The first-order chi connectivity index (χ1) is 10.8. The minimum Gasteiger partial charge on any atom is -0.483 e. The van der Waals surface area contributed by atoms with E-state index in [1.165, 1.54) is 30.1 Å². The molecule has 0 unspecified atom stereocenters. The maximum absolute atomic E-state index is 12.0. The molecule has 0 bridgehead atoms. The fourth-order valence-corrected chi connectivity index (χ4v) is 1.87. The van der Waals surface area contributed by atoms with Gasteiger partial charge in [-0.05, 0) is 24.6 Å². The number of nitrogens with two attached hydrogens (primary N) is 1. The Bertz CT molecular complexity index is 592. The zero-order valence-corrected chi connectivity index (χ0v) is 13.9. The van der Waals surface area contributed by atoms with Crippen molar-refractivity contribution in [3.05, 3.63) is 28.8 Å². The number of halogens is 1. The summed E-state index contributed by atoms with van der Waals surface area (Å²) in [6.45, 7) is 2.11. The molecule has 3 amide bonds. The molecule has 126 valence electrons. The van der Waals surface area contributed by atoms with Crippen molar-refractivity contribution < 1.29 is 19.1 Å². The summed E-state index contributed by atoms with van der Waals surface area (Å²) < 4.78 is 5.32. The van der Waals surface area contributed by atoms with Crippen LogP contribution in [0.4, 0.5) is 0 Å². The molecule has 0 spiro atoms. The minimum absolute atomic E-state index is 0.0640. The van der Waals surface area contributed by atoms with Gasteiger partial charge in [0.05, 0.1) is 12.1 Å². The molecule has 0 heterocycles. The lowest BCUT2D eigenvalue weighted by atomic mass is 10.2. The Kier molecular flexibility index (Phi) is 7.34. The minimum atomic E-state index is -0.706. The number of benzene rings is 1. The molecule has 0 aliphatic heterocycles. The van der Waals surface area contributed by atoms with Crippen LogP contribution in [0.15, 0.2) is 18.2 Å². The Morgan fingerprint density at radius 3 is 2.65 bits per heavy atom. The zero-order valence-electron chi connectivity index (χ0n) is 13.1. The second kappa shape index (κ2) is 8.99. The Balaban J connectivity index is 2.59. The standard InChI is InChI=1S/C15H20ClN3O4/c1-3-6-18-13(20)8-19(2)14(21)9-23-12-5-4-10(16)7-11(12)15(17)22/h4-5,7H,3,6,8-9H2,1-2H3,(H2,17,22)(H,18,20). The van der Waals surface area contributed by atoms with Gasteiger partial charge < -0.3 is 20.7 Å². The number of amides is 3. The van der Waals surface area contributed by atoms with E-state index in [2.05, 4.69) is 5.32 Å². The van der Waals surface area contributed by atoms with Crippen molar-refractivity contribution in [1.29, 1.82) is 0 Å². The van der Waals surface area contributed by atoms with Crippen LogP contribution in [-0.4, -0.2) is 49.4 Å². The van der Waals surface area contributed by atoms with E-state index in [1.54, 1.807) is 0 Å². The second-order valence-corrected chi connectivity index (χ2v) is 5.33.